The second-order valence-corrected chi connectivity index (χ2v) is 6.80. The number of hydrogen-bond acceptors (Lipinski definition) is 5. The van der Waals surface area contributed by atoms with Gasteiger partial charge in [0.25, 0.3) is 5.89 Å². The van der Waals surface area contributed by atoms with Crippen molar-refractivity contribution in [2.75, 3.05) is 7.11 Å². The number of ether oxygens (including phenoxy) is 2. The molecule has 0 fully saturated rings. The van der Waals surface area contributed by atoms with Crippen LogP contribution < -0.4 is 9.47 Å². The van der Waals surface area contributed by atoms with Crippen molar-refractivity contribution in [3.8, 4) is 22.9 Å². The molecule has 0 unspecified atom stereocenters. The molecule has 1 aromatic heterocycles. The molecule has 0 radical (unpaired) electrons. The van der Waals surface area contributed by atoms with Gasteiger partial charge in [0, 0.05) is 5.56 Å². The van der Waals surface area contributed by atoms with Gasteiger partial charge in [-0.15, -0.1) is 0 Å². The monoisotopic (exact) mass is 338 g/mol. The normalized spacial score (nSPS) is 11.4. The van der Waals surface area contributed by atoms with E-state index >= 15 is 0 Å². The van der Waals surface area contributed by atoms with Crippen molar-refractivity contribution in [2.24, 2.45) is 0 Å². The highest BCUT2D eigenvalue weighted by molar-refractivity contribution is 5.55. The summed E-state index contributed by atoms with van der Waals surface area (Å²) in [6.45, 7) is 6.78. The summed E-state index contributed by atoms with van der Waals surface area (Å²) in [6, 6.07) is 15.6. The molecule has 0 saturated carbocycles. The summed E-state index contributed by atoms with van der Waals surface area (Å²) in [7, 11) is 1.63. The van der Waals surface area contributed by atoms with E-state index in [2.05, 4.69) is 43.0 Å². The minimum atomic E-state index is 0.123. The summed E-state index contributed by atoms with van der Waals surface area (Å²) in [5, 5.41) is 3.99. The van der Waals surface area contributed by atoms with Crippen LogP contribution in [0.3, 0.4) is 0 Å². The Morgan fingerprint density at radius 2 is 1.56 bits per heavy atom. The summed E-state index contributed by atoms with van der Waals surface area (Å²) in [5.41, 5.74) is 2.25. The Morgan fingerprint density at radius 3 is 2.16 bits per heavy atom. The van der Waals surface area contributed by atoms with Gasteiger partial charge in [-0.25, -0.2) is 0 Å². The zero-order valence-corrected chi connectivity index (χ0v) is 14.9. The Balaban J connectivity index is 1.63. The fraction of sp³-hybridized carbons (Fsp3) is 0.300. The SMILES string of the molecule is COc1ccc(-c2noc(COc3ccc(C(C)(C)C)cc3)n2)cc1. The molecule has 0 aliphatic rings. The van der Waals surface area contributed by atoms with Crippen molar-refractivity contribution < 1.29 is 14.0 Å². The molecule has 0 atom stereocenters. The Bertz CT molecular complexity index is 815. The van der Waals surface area contributed by atoms with Gasteiger partial charge in [0.15, 0.2) is 6.61 Å². The van der Waals surface area contributed by atoms with Gasteiger partial charge in [-0.1, -0.05) is 38.1 Å². The number of aromatic nitrogens is 2. The van der Waals surface area contributed by atoms with Crippen LogP contribution in [0.2, 0.25) is 0 Å². The minimum absolute atomic E-state index is 0.123. The number of benzene rings is 2. The van der Waals surface area contributed by atoms with Crippen LogP contribution in [-0.4, -0.2) is 17.3 Å². The Morgan fingerprint density at radius 1 is 0.920 bits per heavy atom. The molecular weight excluding hydrogens is 316 g/mol. The fourth-order valence-corrected chi connectivity index (χ4v) is 2.37. The van der Waals surface area contributed by atoms with E-state index in [1.165, 1.54) is 5.56 Å². The molecule has 0 aliphatic heterocycles. The van der Waals surface area contributed by atoms with Crippen LogP contribution in [0.4, 0.5) is 0 Å². The quantitative estimate of drug-likeness (QED) is 0.679. The largest absolute Gasteiger partial charge is 0.497 e. The Kier molecular flexibility index (Phi) is 4.74. The van der Waals surface area contributed by atoms with Crippen LogP contribution in [-0.2, 0) is 12.0 Å². The lowest BCUT2D eigenvalue weighted by atomic mass is 9.87. The first-order chi connectivity index (χ1) is 12.0. The van der Waals surface area contributed by atoms with Gasteiger partial charge in [0.1, 0.15) is 11.5 Å². The summed E-state index contributed by atoms with van der Waals surface area (Å²) in [5.74, 6) is 2.53. The van der Waals surface area contributed by atoms with E-state index in [1.807, 2.05) is 36.4 Å². The van der Waals surface area contributed by atoms with Crippen molar-refractivity contribution in [3.63, 3.8) is 0 Å². The molecule has 2 aromatic carbocycles. The third-order valence-electron chi connectivity index (χ3n) is 3.90. The lowest BCUT2D eigenvalue weighted by Crippen LogP contribution is -2.10. The Hall–Kier alpha value is -2.82. The standard InChI is InChI=1S/C20H22N2O3/c1-20(2,3)15-7-11-17(12-8-15)24-13-18-21-19(22-25-18)14-5-9-16(23-4)10-6-14/h5-12H,13H2,1-4H3. The average molecular weight is 338 g/mol. The summed E-state index contributed by atoms with van der Waals surface area (Å²) in [4.78, 5) is 4.36. The van der Waals surface area contributed by atoms with Crippen LogP contribution in [0.5, 0.6) is 11.5 Å². The molecule has 1 heterocycles. The lowest BCUT2D eigenvalue weighted by molar-refractivity contribution is 0.243. The molecule has 0 amide bonds. The van der Waals surface area contributed by atoms with E-state index in [0.717, 1.165) is 17.1 Å². The van der Waals surface area contributed by atoms with E-state index in [-0.39, 0.29) is 12.0 Å². The van der Waals surface area contributed by atoms with Gasteiger partial charge < -0.3 is 14.0 Å². The van der Waals surface area contributed by atoms with Crippen LogP contribution in [0, 0.1) is 0 Å². The first-order valence-corrected chi connectivity index (χ1v) is 8.16. The fourth-order valence-electron chi connectivity index (χ4n) is 2.37. The zero-order valence-electron chi connectivity index (χ0n) is 14.9. The average Bonchev–Trinajstić information content (AvgIpc) is 3.09. The van der Waals surface area contributed by atoms with E-state index < -0.39 is 0 Å². The van der Waals surface area contributed by atoms with E-state index in [0.29, 0.717) is 11.7 Å². The highest BCUT2D eigenvalue weighted by atomic mass is 16.5. The molecule has 0 N–H and O–H groups in total. The van der Waals surface area contributed by atoms with Crippen molar-refractivity contribution in [1.29, 1.82) is 0 Å². The molecule has 3 rings (SSSR count). The van der Waals surface area contributed by atoms with Crippen LogP contribution in [0.25, 0.3) is 11.4 Å². The molecule has 25 heavy (non-hydrogen) atoms. The third kappa shape index (κ3) is 4.18. The van der Waals surface area contributed by atoms with Crippen molar-refractivity contribution in [2.45, 2.75) is 32.8 Å². The number of rotatable bonds is 5. The smallest absolute Gasteiger partial charge is 0.264 e. The molecule has 0 saturated heterocycles. The van der Waals surface area contributed by atoms with E-state index in [9.17, 15) is 0 Å². The second kappa shape index (κ2) is 6.97. The van der Waals surface area contributed by atoms with Gasteiger partial charge >= 0.3 is 0 Å². The molecule has 5 heteroatoms. The lowest BCUT2D eigenvalue weighted by Gasteiger charge is -2.19. The molecule has 3 aromatic rings. The zero-order chi connectivity index (χ0) is 17.9. The van der Waals surface area contributed by atoms with Crippen LogP contribution in [0.1, 0.15) is 32.2 Å². The van der Waals surface area contributed by atoms with Gasteiger partial charge in [-0.2, -0.15) is 4.98 Å². The molecule has 0 bridgehead atoms. The maximum atomic E-state index is 5.73. The van der Waals surface area contributed by atoms with E-state index in [4.69, 9.17) is 14.0 Å². The molecule has 0 aliphatic carbocycles. The molecular formula is C20H22N2O3. The van der Waals surface area contributed by atoms with Crippen molar-refractivity contribution >= 4 is 0 Å². The predicted octanol–water partition coefficient (Wildman–Crippen LogP) is 4.62. The predicted molar refractivity (Wildman–Crippen MR) is 95.8 cm³/mol. The van der Waals surface area contributed by atoms with Gasteiger partial charge in [0.05, 0.1) is 7.11 Å². The summed E-state index contributed by atoms with van der Waals surface area (Å²) in [6.07, 6.45) is 0. The van der Waals surface area contributed by atoms with Gasteiger partial charge in [-0.3, -0.25) is 0 Å². The Labute approximate surface area is 147 Å². The van der Waals surface area contributed by atoms with Gasteiger partial charge in [-0.05, 0) is 47.4 Å². The highest BCUT2D eigenvalue weighted by Crippen LogP contribution is 2.25. The van der Waals surface area contributed by atoms with Crippen molar-refractivity contribution in [3.05, 3.63) is 60.0 Å². The highest BCUT2D eigenvalue weighted by Gasteiger charge is 2.13. The summed E-state index contributed by atoms with van der Waals surface area (Å²) >= 11 is 0. The van der Waals surface area contributed by atoms with Crippen molar-refractivity contribution in [1.82, 2.24) is 10.1 Å². The van der Waals surface area contributed by atoms with Crippen LogP contribution in [0.15, 0.2) is 53.1 Å². The van der Waals surface area contributed by atoms with Gasteiger partial charge in [0.2, 0.25) is 5.82 Å². The molecule has 130 valence electrons. The maximum Gasteiger partial charge on any atom is 0.264 e. The van der Waals surface area contributed by atoms with Crippen LogP contribution >= 0.6 is 0 Å². The number of hydrogen-bond donors (Lipinski definition) is 0. The minimum Gasteiger partial charge on any atom is -0.497 e. The molecule has 5 nitrogen and oxygen atoms in total. The second-order valence-electron chi connectivity index (χ2n) is 6.80. The third-order valence-corrected chi connectivity index (χ3v) is 3.90. The number of nitrogens with zero attached hydrogens (tertiary/aromatic N) is 2. The van der Waals surface area contributed by atoms with E-state index in [1.54, 1.807) is 7.11 Å². The first-order valence-electron chi connectivity index (χ1n) is 8.16. The number of methoxy groups -OCH3 is 1. The first kappa shape index (κ1) is 17.0. The maximum absolute atomic E-state index is 5.73. The summed E-state index contributed by atoms with van der Waals surface area (Å²) < 4.78 is 16.1. The molecule has 0 spiro atoms. The topological polar surface area (TPSA) is 57.4 Å².